The van der Waals surface area contributed by atoms with Crippen LogP contribution in [-0.4, -0.2) is 39.7 Å². The molecule has 0 spiro atoms. The molecule has 0 radical (unpaired) electrons. The Morgan fingerprint density at radius 2 is 1.68 bits per heavy atom. The Bertz CT molecular complexity index is 917. The first kappa shape index (κ1) is 20.8. The van der Waals surface area contributed by atoms with Crippen LogP contribution in [-0.2, 0) is 21.0 Å². The van der Waals surface area contributed by atoms with Crippen molar-refractivity contribution in [1.82, 2.24) is 4.31 Å². The smallest absolute Gasteiger partial charge is 0.297 e. The molecule has 10 heteroatoms. The predicted molar refractivity (Wildman–Crippen MR) is 104 cm³/mol. The second kappa shape index (κ2) is 6.52. The maximum Gasteiger partial charge on any atom is 0.416 e. The monoisotopic (exact) mass is 543 g/mol. The van der Waals surface area contributed by atoms with Crippen LogP contribution in [0.1, 0.15) is 31.7 Å². The number of benzene rings is 1. The lowest BCUT2D eigenvalue weighted by molar-refractivity contribution is -0.137. The highest BCUT2D eigenvalue weighted by Gasteiger charge is 2.77. The Labute approximate surface area is 178 Å². The summed E-state index contributed by atoms with van der Waals surface area (Å²) in [5.41, 5.74) is -1.54. The molecule has 1 aliphatic heterocycles. The summed E-state index contributed by atoms with van der Waals surface area (Å²) < 4.78 is 66.5. The van der Waals surface area contributed by atoms with Crippen molar-refractivity contribution in [2.24, 2.45) is 11.8 Å². The Morgan fingerprint density at radius 1 is 1.11 bits per heavy atom. The van der Waals surface area contributed by atoms with Crippen LogP contribution in [0.25, 0.3) is 0 Å². The summed E-state index contributed by atoms with van der Waals surface area (Å²) in [6.45, 7) is 1.92. The van der Waals surface area contributed by atoms with E-state index in [2.05, 4.69) is 31.9 Å². The third-order valence-corrected chi connectivity index (χ3v) is 10.4. The first-order chi connectivity index (χ1) is 12.9. The Balaban J connectivity index is 1.73. The van der Waals surface area contributed by atoms with Crippen molar-refractivity contribution in [2.75, 3.05) is 0 Å². The summed E-state index contributed by atoms with van der Waals surface area (Å²) >= 11 is 6.86. The average Bonchev–Trinajstić information content (AvgIpc) is 3.52. The van der Waals surface area contributed by atoms with Crippen LogP contribution in [0.15, 0.2) is 29.2 Å². The Kier molecular flexibility index (Phi) is 4.85. The predicted octanol–water partition coefficient (Wildman–Crippen LogP) is 4.36. The zero-order valence-electron chi connectivity index (χ0n) is 14.8. The minimum atomic E-state index is -4.53. The lowest BCUT2D eigenvalue weighted by Gasteiger charge is -2.23. The van der Waals surface area contributed by atoms with E-state index >= 15 is 0 Å². The van der Waals surface area contributed by atoms with E-state index in [1.54, 1.807) is 0 Å². The Hall–Kier alpha value is -0.450. The van der Waals surface area contributed by atoms with E-state index in [1.807, 2.05) is 6.92 Å². The fourth-order valence-corrected chi connectivity index (χ4v) is 8.61. The minimum Gasteiger partial charge on any atom is -0.297 e. The fourth-order valence-electron chi connectivity index (χ4n) is 4.61. The number of ketones is 1. The molecule has 2 saturated carbocycles. The van der Waals surface area contributed by atoms with Gasteiger partial charge in [0.15, 0.2) is 5.78 Å². The van der Waals surface area contributed by atoms with Gasteiger partial charge in [-0.15, -0.1) is 0 Å². The van der Waals surface area contributed by atoms with Gasteiger partial charge in [-0.25, -0.2) is 8.42 Å². The maximum atomic E-state index is 13.3. The number of carbonyl (C=O) groups excluding carboxylic acids is 1. The summed E-state index contributed by atoms with van der Waals surface area (Å²) in [6, 6.07) is 3.05. The van der Waals surface area contributed by atoms with Crippen LogP contribution in [0.3, 0.4) is 0 Å². The molecule has 6 unspecified atom stereocenters. The largest absolute Gasteiger partial charge is 0.416 e. The van der Waals surface area contributed by atoms with Gasteiger partial charge < -0.3 is 0 Å². The second-order valence-corrected chi connectivity index (χ2v) is 11.7. The van der Waals surface area contributed by atoms with E-state index < -0.39 is 38.2 Å². The van der Waals surface area contributed by atoms with E-state index in [4.69, 9.17) is 0 Å². The third kappa shape index (κ3) is 3.01. The number of Topliss-reactive ketones (excluding diaryl/α,β-unsaturated/α-hetero) is 1. The number of alkyl halides is 5. The van der Waals surface area contributed by atoms with Crippen LogP contribution in [0, 0.1) is 11.8 Å². The van der Waals surface area contributed by atoms with Crippen molar-refractivity contribution < 1.29 is 26.4 Å². The number of carbonyl (C=O) groups is 1. The van der Waals surface area contributed by atoms with Crippen LogP contribution >= 0.6 is 31.9 Å². The molecule has 2 aliphatic carbocycles. The molecule has 4 rings (SSSR count). The van der Waals surface area contributed by atoms with Gasteiger partial charge in [0.25, 0.3) is 0 Å². The molecule has 154 valence electrons. The highest BCUT2D eigenvalue weighted by Crippen LogP contribution is 2.65. The zero-order valence-corrected chi connectivity index (χ0v) is 18.8. The quantitative estimate of drug-likeness (QED) is 0.419. The SMILES string of the molecule is CC1CC2(C3CC3)C(C(Br)C(=O)C1Br)N2S(=O)(=O)c1ccc(C(F)(F)F)cc1. The number of fused-ring (bicyclic) bond motifs is 1. The molecule has 1 saturated heterocycles. The molecule has 3 fully saturated rings. The summed E-state index contributed by atoms with van der Waals surface area (Å²) in [5.74, 6) is 0.0333. The van der Waals surface area contributed by atoms with Gasteiger partial charge in [-0.05, 0) is 55.4 Å². The molecule has 3 aliphatic rings. The topological polar surface area (TPSA) is 54.2 Å². The Morgan fingerprint density at radius 3 is 2.18 bits per heavy atom. The molecule has 1 aromatic carbocycles. The molecule has 0 amide bonds. The van der Waals surface area contributed by atoms with Crippen LogP contribution in [0.4, 0.5) is 13.2 Å². The molecule has 1 aromatic rings. The molecular weight excluding hydrogens is 527 g/mol. The van der Waals surface area contributed by atoms with E-state index in [1.165, 1.54) is 4.31 Å². The molecular formula is C18H18Br2F3NO3S. The number of hydrogen-bond donors (Lipinski definition) is 0. The summed E-state index contributed by atoms with van der Waals surface area (Å²) in [5, 5.41) is 0. The van der Waals surface area contributed by atoms with Gasteiger partial charge >= 0.3 is 6.18 Å². The van der Waals surface area contributed by atoms with Crippen LogP contribution in [0.5, 0.6) is 0 Å². The number of nitrogens with zero attached hydrogens (tertiary/aromatic N) is 1. The van der Waals surface area contributed by atoms with Crippen molar-refractivity contribution >= 4 is 47.7 Å². The number of hydrogen-bond acceptors (Lipinski definition) is 3. The van der Waals surface area contributed by atoms with Crippen molar-refractivity contribution in [3.05, 3.63) is 29.8 Å². The molecule has 0 aromatic heterocycles. The minimum absolute atomic E-state index is 0.0500. The molecule has 1 heterocycles. The van der Waals surface area contributed by atoms with E-state index in [0.29, 0.717) is 6.42 Å². The van der Waals surface area contributed by atoms with Gasteiger partial charge in [-0.3, -0.25) is 4.79 Å². The number of halogens is 5. The zero-order chi connectivity index (χ0) is 20.6. The van der Waals surface area contributed by atoms with Gasteiger partial charge in [0.05, 0.1) is 31.7 Å². The summed E-state index contributed by atoms with van der Waals surface area (Å²) in [6.07, 6.45) is -2.20. The van der Waals surface area contributed by atoms with Crippen molar-refractivity contribution in [2.45, 2.75) is 58.5 Å². The van der Waals surface area contributed by atoms with Crippen LogP contribution in [0.2, 0.25) is 0 Å². The average molecular weight is 545 g/mol. The normalized spacial score (nSPS) is 38.6. The van der Waals surface area contributed by atoms with E-state index in [0.717, 1.165) is 37.1 Å². The molecule has 0 bridgehead atoms. The van der Waals surface area contributed by atoms with Gasteiger partial charge in [0, 0.05) is 0 Å². The summed E-state index contributed by atoms with van der Waals surface area (Å²) in [4.78, 5) is 11.5. The number of sulfonamides is 1. The van der Waals surface area contributed by atoms with Crippen LogP contribution < -0.4 is 0 Å². The van der Waals surface area contributed by atoms with Crippen molar-refractivity contribution in [1.29, 1.82) is 0 Å². The highest BCUT2D eigenvalue weighted by atomic mass is 79.9. The fraction of sp³-hybridized carbons (Fsp3) is 0.611. The van der Waals surface area contributed by atoms with Gasteiger partial charge in [-0.1, -0.05) is 38.8 Å². The standard InChI is InChI=1S/C18H18Br2F3NO3S/c1-9-8-17(10-2-3-10)16(14(20)15(25)13(9)19)24(17)28(26,27)12-6-4-11(5-7-12)18(21,22)23/h4-7,9-10,13-14,16H,2-3,8H2,1H3. The van der Waals surface area contributed by atoms with Gasteiger partial charge in [0.2, 0.25) is 10.0 Å². The summed E-state index contributed by atoms with van der Waals surface area (Å²) in [7, 11) is -4.02. The van der Waals surface area contributed by atoms with Crippen molar-refractivity contribution in [3.63, 3.8) is 0 Å². The third-order valence-electron chi connectivity index (χ3n) is 6.10. The lowest BCUT2D eigenvalue weighted by atomic mass is 9.89. The molecule has 4 nitrogen and oxygen atoms in total. The number of rotatable bonds is 3. The second-order valence-electron chi connectivity index (χ2n) is 7.92. The van der Waals surface area contributed by atoms with Gasteiger partial charge in [-0.2, -0.15) is 17.5 Å². The molecule has 28 heavy (non-hydrogen) atoms. The molecule has 0 N–H and O–H groups in total. The first-order valence-electron chi connectivity index (χ1n) is 8.96. The maximum absolute atomic E-state index is 13.3. The van der Waals surface area contributed by atoms with E-state index in [9.17, 15) is 26.4 Å². The first-order valence-corrected chi connectivity index (χ1v) is 12.2. The molecule has 6 atom stereocenters. The van der Waals surface area contributed by atoms with Crippen molar-refractivity contribution in [3.8, 4) is 0 Å². The lowest BCUT2D eigenvalue weighted by Crippen LogP contribution is -2.34. The van der Waals surface area contributed by atoms with Gasteiger partial charge in [0.1, 0.15) is 0 Å². The highest BCUT2D eigenvalue weighted by molar-refractivity contribution is 9.10. The van der Waals surface area contributed by atoms with E-state index in [-0.39, 0.29) is 27.3 Å².